The van der Waals surface area contributed by atoms with E-state index in [0.717, 1.165) is 16.9 Å². The maximum absolute atomic E-state index is 12.7. The zero-order valence-corrected chi connectivity index (χ0v) is 15.6. The molecule has 1 fully saturated rings. The van der Waals surface area contributed by atoms with Crippen molar-refractivity contribution < 1.29 is 9.90 Å². The summed E-state index contributed by atoms with van der Waals surface area (Å²) in [4.78, 5) is 23.1. The van der Waals surface area contributed by atoms with Gasteiger partial charge in [0.1, 0.15) is 11.4 Å². The van der Waals surface area contributed by atoms with Gasteiger partial charge in [-0.3, -0.25) is 9.78 Å². The largest absolute Gasteiger partial charge is 0.386 e. The summed E-state index contributed by atoms with van der Waals surface area (Å²) in [5, 5.41) is 13.8. The number of amides is 1. The van der Waals surface area contributed by atoms with Crippen molar-refractivity contribution in [3.63, 3.8) is 0 Å². The zero-order valence-electron chi connectivity index (χ0n) is 15.6. The van der Waals surface area contributed by atoms with Gasteiger partial charge in [-0.25, -0.2) is 4.98 Å². The third-order valence-corrected chi connectivity index (χ3v) is 5.12. The highest BCUT2D eigenvalue weighted by molar-refractivity contribution is 5.87. The highest BCUT2D eigenvalue weighted by Gasteiger charge is 2.38. The molecule has 1 aliphatic rings. The fraction of sp³-hybridized carbons (Fsp3) is 0.450. The van der Waals surface area contributed by atoms with Crippen molar-refractivity contribution in [3.05, 3.63) is 54.0 Å². The van der Waals surface area contributed by atoms with Gasteiger partial charge in [-0.1, -0.05) is 29.8 Å². The molecule has 1 aromatic heterocycles. The van der Waals surface area contributed by atoms with Crippen LogP contribution in [0.2, 0.25) is 0 Å². The molecule has 1 amide bonds. The van der Waals surface area contributed by atoms with Gasteiger partial charge in [-0.15, -0.1) is 0 Å². The summed E-state index contributed by atoms with van der Waals surface area (Å²) in [6.07, 6.45) is 5.53. The summed E-state index contributed by atoms with van der Waals surface area (Å²) >= 11 is 0. The Morgan fingerprint density at radius 2 is 2.04 bits per heavy atom. The van der Waals surface area contributed by atoms with E-state index in [0.29, 0.717) is 19.5 Å². The van der Waals surface area contributed by atoms with Crippen LogP contribution in [-0.4, -0.2) is 46.2 Å². The van der Waals surface area contributed by atoms with Gasteiger partial charge in [-0.2, -0.15) is 0 Å². The first-order chi connectivity index (χ1) is 12.3. The van der Waals surface area contributed by atoms with E-state index in [1.54, 1.807) is 18.6 Å². The lowest BCUT2D eigenvalue weighted by atomic mass is 9.83. The van der Waals surface area contributed by atoms with E-state index in [2.05, 4.69) is 15.3 Å². The fourth-order valence-electron chi connectivity index (χ4n) is 3.22. The van der Waals surface area contributed by atoms with E-state index in [1.807, 2.05) is 49.9 Å². The van der Waals surface area contributed by atoms with E-state index < -0.39 is 11.0 Å². The number of carbonyl (C=O) groups excluding carboxylic acids is 1. The molecule has 2 aromatic rings. The van der Waals surface area contributed by atoms with Gasteiger partial charge in [0.2, 0.25) is 5.91 Å². The summed E-state index contributed by atoms with van der Waals surface area (Å²) in [6.45, 7) is 7.16. The van der Waals surface area contributed by atoms with Crippen LogP contribution in [0.25, 0.3) is 0 Å². The summed E-state index contributed by atoms with van der Waals surface area (Å²) in [7, 11) is 0. The molecule has 0 saturated carbocycles. The molecule has 0 unspecified atom stereocenters. The molecule has 2 heterocycles. The standard InChI is InChI=1S/C20H26N4O2/c1-15-4-6-16(7-5-15)19(2,3)18(25)23-13-20(26)8-11-24(14-20)17-12-21-9-10-22-17/h4-7,9-10,12,26H,8,11,13-14H2,1-3H3,(H,23,25)/t20-/m0/s1. The monoisotopic (exact) mass is 354 g/mol. The third kappa shape index (κ3) is 3.85. The third-order valence-electron chi connectivity index (χ3n) is 5.12. The quantitative estimate of drug-likeness (QED) is 0.856. The molecular weight excluding hydrogens is 328 g/mol. The second-order valence-electron chi connectivity index (χ2n) is 7.63. The number of aromatic nitrogens is 2. The van der Waals surface area contributed by atoms with Gasteiger partial charge in [0.05, 0.1) is 11.6 Å². The Bertz CT molecular complexity index is 761. The van der Waals surface area contributed by atoms with E-state index >= 15 is 0 Å². The number of anilines is 1. The Kier molecular flexibility index (Phi) is 4.96. The van der Waals surface area contributed by atoms with Crippen LogP contribution in [-0.2, 0) is 10.2 Å². The van der Waals surface area contributed by atoms with Crippen LogP contribution in [0.4, 0.5) is 5.82 Å². The number of nitrogens with one attached hydrogen (secondary N) is 1. The van der Waals surface area contributed by atoms with Crippen LogP contribution < -0.4 is 10.2 Å². The van der Waals surface area contributed by atoms with Crippen molar-refractivity contribution >= 4 is 11.7 Å². The van der Waals surface area contributed by atoms with E-state index in [4.69, 9.17) is 0 Å². The maximum atomic E-state index is 12.7. The lowest BCUT2D eigenvalue weighted by Gasteiger charge is -2.28. The van der Waals surface area contributed by atoms with Gasteiger partial charge < -0.3 is 15.3 Å². The maximum Gasteiger partial charge on any atom is 0.230 e. The van der Waals surface area contributed by atoms with E-state index in [1.165, 1.54) is 0 Å². The number of aliphatic hydroxyl groups is 1. The molecule has 2 N–H and O–H groups in total. The van der Waals surface area contributed by atoms with E-state index in [-0.39, 0.29) is 12.5 Å². The second kappa shape index (κ2) is 7.03. The van der Waals surface area contributed by atoms with Crippen LogP contribution in [0, 0.1) is 6.92 Å². The smallest absolute Gasteiger partial charge is 0.230 e. The van der Waals surface area contributed by atoms with Crippen LogP contribution in [0.15, 0.2) is 42.9 Å². The Morgan fingerprint density at radius 3 is 2.69 bits per heavy atom. The predicted molar refractivity (Wildman–Crippen MR) is 101 cm³/mol. The van der Waals surface area contributed by atoms with Gasteiger partial charge in [0.25, 0.3) is 0 Å². The van der Waals surface area contributed by atoms with Crippen LogP contribution in [0.3, 0.4) is 0 Å². The zero-order chi connectivity index (χ0) is 18.8. The lowest BCUT2D eigenvalue weighted by molar-refractivity contribution is -0.126. The van der Waals surface area contributed by atoms with Gasteiger partial charge in [-0.05, 0) is 32.8 Å². The molecule has 0 bridgehead atoms. The number of carbonyl (C=O) groups is 1. The van der Waals surface area contributed by atoms with Crippen molar-refractivity contribution in [1.82, 2.24) is 15.3 Å². The first kappa shape index (κ1) is 18.3. The minimum absolute atomic E-state index is 0.0901. The molecule has 26 heavy (non-hydrogen) atoms. The minimum atomic E-state index is -0.962. The average molecular weight is 354 g/mol. The Morgan fingerprint density at radius 1 is 1.31 bits per heavy atom. The first-order valence-corrected chi connectivity index (χ1v) is 8.89. The molecule has 0 aliphatic carbocycles. The summed E-state index contributed by atoms with van der Waals surface area (Å²) in [5.41, 5.74) is 0.499. The minimum Gasteiger partial charge on any atom is -0.386 e. The topological polar surface area (TPSA) is 78.4 Å². The Labute approximate surface area is 154 Å². The Balaban J connectivity index is 1.61. The first-order valence-electron chi connectivity index (χ1n) is 8.89. The van der Waals surface area contributed by atoms with Crippen molar-refractivity contribution in [1.29, 1.82) is 0 Å². The molecule has 0 spiro atoms. The van der Waals surface area contributed by atoms with Crippen LogP contribution in [0.5, 0.6) is 0 Å². The summed E-state index contributed by atoms with van der Waals surface area (Å²) in [6, 6.07) is 7.98. The molecule has 3 rings (SSSR count). The predicted octanol–water partition coefficient (Wildman–Crippen LogP) is 1.82. The lowest BCUT2D eigenvalue weighted by Crippen LogP contribution is -2.49. The number of nitrogens with zero attached hydrogens (tertiary/aromatic N) is 3. The Hall–Kier alpha value is -2.47. The molecular formula is C20H26N4O2. The molecule has 1 aromatic carbocycles. The SMILES string of the molecule is Cc1ccc(C(C)(C)C(=O)NC[C@@]2(O)CCN(c3cnccn3)C2)cc1. The van der Waals surface area contributed by atoms with Gasteiger partial charge in [0.15, 0.2) is 0 Å². The molecule has 0 radical (unpaired) electrons. The van der Waals surface area contributed by atoms with E-state index in [9.17, 15) is 9.90 Å². The number of benzene rings is 1. The van der Waals surface area contributed by atoms with Crippen molar-refractivity contribution in [2.24, 2.45) is 0 Å². The normalized spacial score (nSPS) is 20.2. The van der Waals surface area contributed by atoms with Crippen LogP contribution >= 0.6 is 0 Å². The number of aryl methyl sites for hydroxylation is 1. The molecule has 1 aliphatic heterocycles. The fourth-order valence-corrected chi connectivity index (χ4v) is 3.22. The van der Waals surface area contributed by atoms with Gasteiger partial charge >= 0.3 is 0 Å². The van der Waals surface area contributed by atoms with Gasteiger partial charge in [0, 0.05) is 32.0 Å². The highest BCUT2D eigenvalue weighted by Crippen LogP contribution is 2.26. The van der Waals surface area contributed by atoms with Crippen molar-refractivity contribution in [3.8, 4) is 0 Å². The van der Waals surface area contributed by atoms with Crippen molar-refractivity contribution in [2.45, 2.75) is 38.2 Å². The molecule has 1 saturated heterocycles. The molecule has 6 nitrogen and oxygen atoms in total. The summed E-state index contributed by atoms with van der Waals surface area (Å²) in [5.74, 6) is 0.655. The van der Waals surface area contributed by atoms with Crippen LogP contribution in [0.1, 0.15) is 31.4 Å². The summed E-state index contributed by atoms with van der Waals surface area (Å²) < 4.78 is 0. The molecule has 6 heteroatoms. The number of hydrogen-bond donors (Lipinski definition) is 2. The second-order valence-corrected chi connectivity index (χ2v) is 7.63. The number of β-amino-alcohol motifs (C(OH)–C–C–N with tert-alkyl or cyclic N) is 1. The average Bonchev–Trinajstić information content (AvgIpc) is 3.03. The number of rotatable bonds is 5. The number of hydrogen-bond acceptors (Lipinski definition) is 5. The molecule has 1 atom stereocenters. The van der Waals surface area contributed by atoms with Crippen molar-refractivity contribution in [2.75, 3.05) is 24.5 Å². The molecule has 138 valence electrons. The highest BCUT2D eigenvalue weighted by atomic mass is 16.3.